The number of amides is 1. The van der Waals surface area contributed by atoms with Gasteiger partial charge in [0, 0.05) is 36.3 Å². The summed E-state index contributed by atoms with van der Waals surface area (Å²) >= 11 is 0. The highest BCUT2D eigenvalue weighted by molar-refractivity contribution is 5.96. The third-order valence-electron chi connectivity index (χ3n) is 5.33. The molecule has 1 saturated heterocycles. The standard InChI is InChI=1S/C23H22N6O2.C2H6/c1-15-25-21(27-22(26-15)29-10-11-31-23(29)30)24-13-16-8-9-18-19(14-28(2)20(18)12-16)17-6-4-3-5-7-17;1-2/h3-9,12,14H,10-11,13H2,1-2H3,(H,24,25,26,27);1-2H3. The maximum absolute atomic E-state index is 11.8. The van der Waals surface area contributed by atoms with Gasteiger partial charge in [0.25, 0.3) is 0 Å². The van der Waals surface area contributed by atoms with Crippen LogP contribution in [0.1, 0.15) is 25.2 Å². The molecule has 0 bridgehead atoms. The smallest absolute Gasteiger partial charge is 0.416 e. The van der Waals surface area contributed by atoms with E-state index in [2.05, 4.69) is 80.5 Å². The number of aromatic nitrogens is 4. The van der Waals surface area contributed by atoms with Crippen molar-refractivity contribution in [2.45, 2.75) is 27.3 Å². The molecular formula is C25H28N6O2. The van der Waals surface area contributed by atoms with Crippen LogP contribution in [-0.4, -0.2) is 38.8 Å². The lowest BCUT2D eigenvalue weighted by molar-refractivity contribution is 0.181. The topological polar surface area (TPSA) is 85.2 Å². The molecule has 8 heteroatoms. The number of hydrogen-bond donors (Lipinski definition) is 1. The molecule has 1 amide bonds. The van der Waals surface area contributed by atoms with E-state index in [4.69, 9.17) is 4.74 Å². The third-order valence-corrected chi connectivity index (χ3v) is 5.33. The molecule has 0 unspecified atom stereocenters. The first-order valence-electron chi connectivity index (χ1n) is 11.1. The number of rotatable bonds is 5. The summed E-state index contributed by atoms with van der Waals surface area (Å²) < 4.78 is 7.12. The number of fused-ring (bicyclic) bond motifs is 1. The molecule has 2 aromatic heterocycles. The van der Waals surface area contributed by atoms with Crippen LogP contribution in [0.3, 0.4) is 0 Å². The summed E-state index contributed by atoms with van der Waals surface area (Å²) in [7, 11) is 2.06. The lowest BCUT2D eigenvalue weighted by atomic mass is 10.0. The first-order valence-corrected chi connectivity index (χ1v) is 11.1. The van der Waals surface area contributed by atoms with Gasteiger partial charge < -0.3 is 14.6 Å². The molecule has 0 atom stereocenters. The zero-order valence-electron chi connectivity index (χ0n) is 19.4. The van der Waals surface area contributed by atoms with Crippen molar-refractivity contribution in [3.05, 3.63) is 66.1 Å². The van der Waals surface area contributed by atoms with Gasteiger partial charge in [-0.15, -0.1) is 0 Å². The lowest BCUT2D eigenvalue weighted by Crippen LogP contribution is -2.26. The molecule has 1 aliphatic heterocycles. The molecule has 1 N–H and O–H groups in total. The van der Waals surface area contributed by atoms with Gasteiger partial charge in [-0.1, -0.05) is 56.3 Å². The summed E-state index contributed by atoms with van der Waals surface area (Å²) in [5, 5.41) is 4.46. The third kappa shape index (κ3) is 4.64. The highest BCUT2D eigenvalue weighted by atomic mass is 16.6. The number of nitrogens with one attached hydrogen (secondary N) is 1. The molecule has 0 radical (unpaired) electrons. The molecule has 8 nitrogen and oxygen atoms in total. The van der Waals surface area contributed by atoms with E-state index in [-0.39, 0.29) is 0 Å². The summed E-state index contributed by atoms with van der Waals surface area (Å²) in [5.41, 5.74) is 4.68. The first-order chi connectivity index (χ1) is 16.1. The number of hydrogen-bond acceptors (Lipinski definition) is 6. The van der Waals surface area contributed by atoms with E-state index in [0.717, 1.165) is 11.1 Å². The van der Waals surface area contributed by atoms with Crippen LogP contribution in [0.25, 0.3) is 22.0 Å². The maximum Gasteiger partial charge on any atom is 0.416 e. The van der Waals surface area contributed by atoms with E-state index in [9.17, 15) is 4.79 Å². The second kappa shape index (κ2) is 9.68. The molecule has 170 valence electrons. The quantitative estimate of drug-likeness (QED) is 0.470. The van der Waals surface area contributed by atoms with Crippen LogP contribution in [-0.2, 0) is 18.3 Å². The summed E-state index contributed by atoms with van der Waals surface area (Å²) in [5.74, 6) is 1.28. The highest BCUT2D eigenvalue weighted by Gasteiger charge is 2.26. The number of benzene rings is 2. The Morgan fingerprint density at radius 2 is 1.85 bits per heavy atom. The fourth-order valence-corrected chi connectivity index (χ4v) is 3.81. The second-order valence-electron chi connectivity index (χ2n) is 7.50. The first kappa shape index (κ1) is 22.3. The fraction of sp³-hybridized carbons (Fsp3) is 0.280. The Morgan fingerprint density at radius 3 is 2.58 bits per heavy atom. The average Bonchev–Trinajstić information content (AvgIpc) is 3.42. The average molecular weight is 445 g/mol. The normalized spacial score (nSPS) is 13.0. The molecule has 3 heterocycles. The summed E-state index contributed by atoms with van der Waals surface area (Å²) in [4.78, 5) is 26.2. The van der Waals surface area contributed by atoms with Crippen molar-refractivity contribution in [2.24, 2.45) is 7.05 Å². The fourth-order valence-electron chi connectivity index (χ4n) is 3.81. The molecule has 4 aromatic rings. The van der Waals surface area contributed by atoms with E-state index in [1.54, 1.807) is 6.92 Å². The number of carbonyl (C=O) groups is 1. The number of ether oxygens (including phenoxy) is 1. The van der Waals surface area contributed by atoms with Gasteiger partial charge in [-0.2, -0.15) is 15.0 Å². The summed E-state index contributed by atoms with van der Waals surface area (Å²) in [6.07, 6.45) is 1.73. The lowest BCUT2D eigenvalue weighted by Gasteiger charge is -2.12. The van der Waals surface area contributed by atoms with Gasteiger partial charge in [-0.25, -0.2) is 9.69 Å². The SMILES string of the molecule is CC.Cc1nc(NCc2ccc3c(-c4ccccc4)cn(C)c3c2)nc(N2CCOC2=O)n1. The number of carbonyl (C=O) groups excluding carboxylic acids is 1. The van der Waals surface area contributed by atoms with Crippen molar-refractivity contribution in [1.82, 2.24) is 19.5 Å². The van der Waals surface area contributed by atoms with Crippen molar-refractivity contribution < 1.29 is 9.53 Å². The Balaban J connectivity index is 0.00000126. The molecular weight excluding hydrogens is 416 g/mol. The van der Waals surface area contributed by atoms with Crippen LogP contribution in [0, 0.1) is 6.92 Å². The molecule has 0 spiro atoms. The largest absolute Gasteiger partial charge is 0.447 e. The highest BCUT2D eigenvalue weighted by Crippen LogP contribution is 2.30. The zero-order chi connectivity index (χ0) is 23.4. The van der Waals surface area contributed by atoms with E-state index >= 15 is 0 Å². The van der Waals surface area contributed by atoms with Crippen LogP contribution in [0.15, 0.2) is 54.7 Å². The van der Waals surface area contributed by atoms with Crippen molar-refractivity contribution >= 4 is 28.9 Å². The Kier molecular flexibility index (Phi) is 6.53. The van der Waals surface area contributed by atoms with Gasteiger partial charge in [0.15, 0.2) is 0 Å². The molecule has 5 rings (SSSR count). The van der Waals surface area contributed by atoms with Crippen LogP contribution < -0.4 is 10.2 Å². The minimum Gasteiger partial charge on any atom is -0.447 e. The molecule has 0 aliphatic carbocycles. The van der Waals surface area contributed by atoms with Crippen molar-refractivity contribution in [1.29, 1.82) is 0 Å². The van der Waals surface area contributed by atoms with Gasteiger partial charge in [0.1, 0.15) is 12.4 Å². The van der Waals surface area contributed by atoms with E-state index < -0.39 is 6.09 Å². The number of cyclic esters (lactones) is 1. The maximum atomic E-state index is 11.8. The Hall–Kier alpha value is -3.94. The van der Waals surface area contributed by atoms with Crippen LogP contribution in [0.2, 0.25) is 0 Å². The molecule has 2 aromatic carbocycles. The van der Waals surface area contributed by atoms with Gasteiger partial charge in [-0.3, -0.25) is 0 Å². The minimum atomic E-state index is -0.431. The number of nitrogens with zero attached hydrogens (tertiary/aromatic N) is 5. The monoisotopic (exact) mass is 444 g/mol. The van der Waals surface area contributed by atoms with Gasteiger partial charge in [-0.05, 0) is 24.1 Å². The Labute approximate surface area is 193 Å². The van der Waals surface area contributed by atoms with Gasteiger partial charge in [0.05, 0.1) is 6.54 Å². The van der Waals surface area contributed by atoms with Gasteiger partial charge >= 0.3 is 6.09 Å². The number of aryl methyl sites for hydroxylation is 2. The van der Waals surface area contributed by atoms with Crippen LogP contribution in [0.5, 0.6) is 0 Å². The Morgan fingerprint density at radius 1 is 1.06 bits per heavy atom. The van der Waals surface area contributed by atoms with Crippen molar-refractivity contribution in [3.63, 3.8) is 0 Å². The van der Waals surface area contributed by atoms with Gasteiger partial charge in [0.2, 0.25) is 11.9 Å². The predicted octanol–water partition coefficient (Wildman–Crippen LogP) is 4.93. The van der Waals surface area contributed by atoms with Crippen molar-refractivity contribution in [3.8, 4) is 11.1 Å². The van der Waals surface area contributed by atoms with E-state index in [1.165, 1.54) is 21.4 Å². The predicted molar refractivity (Wildman–Crippen MR) is 130 cm³/mol. The zero-order valence-corrected chi connectivity index (χ0v) is 19.4. The van der Waals surface area contributed by atoms with Crippen LogP contribution in [0.4, 0.5) is 16.7 Å². The van der Waals surface area contributed by atoms with E-state index in [1.807, 2.05) is 19.9 Å². The molecule has 1 fully saturated rings. The molecule has 0 saturated carbocycles. The molecule has 1 aliphatic rings. The van der Waals surface area contributed by atoms with E-state index in [0.29, 0.717) is 37.4 Å². The summed E-state index contributed by atoms with van der Waals surface area (Å²) in [6.45, 7) is 7.11. The molecule has 33 heavy (non-hydrogen) atoms. The van der Waals surface area contributed by atoms with Crippen LogP contribution >= 0.6 is 0 Å². The minimum absolute atomic E-state index is 0.308. The Bertz CT molecular complexity index is 1270. The number of anilines is 2. The summed E-state index contributed by atoms with van der Waals surface area (Å²) in [6, 6.07) is 16.8. The van der Waals surface area contributed by atoms with Crippen molar-refractivity contribution in [2.75, 3.05) is 23.4 Å². The second-order valence-corrected chi connectivity index (χ2v) is 7.50.